The van der Waals surface area contributed by atoms with Crippen LogP contribution in [0.15, 0.2) is 54.6 Å². The molecular formula is C17H12S. The van der Waals surface area contributed by atoms with Crippen LogP contribution in [0.5, 0.6) is 0 Å². The molecule has 1 heterocycles. The lowest BCUT2D eigenvalue weighted by atomic mass is 10.00. The molecule has 0 bridgehead atoms. The van der Waals surface area contributed by atoms with Gasteiger partial charge in [-0.05, 0) is 40.6 Å². The zero-order chi connectivity index (χ0) is 12.1. The van der Waals surface area contributed by atoms with Gasteiger partial charge < -0.3 is 0 Å². The van der Waals surface area contributed by atoms with Crippen LogP contribution in [0.3, 0.4) is 0 Å². The maximum atomic E-state index is 2.30. The first kappa shape index (κ1) is 10.1. The second kappa shape index (κ2) is 3.56. The highest BCUT2D eigenvalue weighted by molar-refractivity contribution is 7.19. The smallest absolute Gasteiger partial charge is 0.0352 e. The van der Waals surface area contributed by atoms with Gasteiger partial charge in [-0.2, -0.15) is 0 Å². The van der Waals surface area contributed by atoms with Crippen LogP contribution in [-0.2, 0) is 0 Å². The minimum atomic E-state index is 1.32. The van der Waals surface area contributed by atoms with E-state index in [1.165, 1.54) is 36.5 Å². The highest BCUT2D eigenvalue weighted by Crippen LogP contribution is 2.34. The normalized spacial score (nSPS) is 11.6. The van der Waals surface area contributed by atoms with E-state index in [9.17, 15) is 0 Å². The second-order valence-corrected chi connectivity index (χ2v) is 6.00. The number of thiophene rings is 1. The van der Waals surface area contributed by atoms with Gasteiger partial charge in [-0.3, -0.25) is 0 Å². The average molecular weight is 248 g/mol. The Bertz CT molecular complexity index is 884. The molecule has 0 unspecified atom stereocenters. The van der Waals surface area contributed by atoms with Crippen molar-refractivity contribution in [2.24, 2.45) is 0 Å². The number of benzene rings is 3. The van der Waals surface area contributed by atoms with Crippen molar-refractivity contribution in [2.45, 2.75) is 6.92 Å². The Hall–Kier alpha value is -1.86. The van der Waals surface area contributed by atoms with Crippen molar-refractivity contribution in [3.8, 4) is 0 Å². The SMILES string of the molecule is Cc1cc2c(ccc3c4ccccc4ccc23)s1. The van der Waals surface area contributed by atoms with Gasteiger partial charge in [0.15, 0.2) is 0 Å². The zero-order valence-corrected chi connectivity index (χ0v) is 10.9. The van der Waals surface area contributed by atoms with Crippen LogP contribution in [0.1, 0.15) is 4.88 Å². The Morgan fingerprint density at radius 3 is 2.44 bits per heavy atom. The summed E-state index contributed by atoms with van der Waals surface area (Å²) in [4.78, 5) is 1.38. The van der Waals surface area contributed by atoms with Crippen molar-refractivity contribution in [3.63, 3.8) is 0 Å². The molecule has 0 aliphatic rings. The topological polar surface area (TPSA) is 0 Å². The van der Waals surface area contributed by atoms with Gasteiger partial charge in [0.1, 0.15) is 0 Å². The van der Waals surface area contributed by atoms with Crippen molar-refractivity contribution in [2.75, 3.05) is 0 Å². The van der Waals surface area contributed by atoms with Crippen molar-refractivity contribution in [3.05, 3.63) is 59.5 Å². The Morgan fingerprint density at radius 2 is 1.50 bits per heavy atom. The van der Waals surface area contributed by atoms with Crippen LogP contribution >= 0.6 is 11.3 Å². The van der Waals surface area contributed by atoms with Gasteiger partial charge in [0.2, 0.25) is 0 Å². The Balaban J connectivity index is 2.30. The van der Waals surface area contributed by atoms with Crippen LogP contribution in [0.25, 0.3) is 31.6 Å². The predicted molar refractivity (Wildman–Crippen MR) is 81.6 cm³/mol. The molecule has 0 nitrogen and oxygen atoms in total. The van der Waals surface area contributed by atoms with E-state index in [0.29, 0.717) is 0 Å². The molecule has 0 spiro atoms. The summed E-state index contributed by atoms with van der Waals surface area (Å²) in [5, 5.41) is 6.78. The standard InChI is InChI=1S/C17H12S/c1-11-10-16-15-7-6-12-4-2-3-5-13(12)14(15)8-9-17(16)18-11/h2-10H,1H3. The first-order chi connectivity index (χ1) is 8.83. The van der Waals surface area contributed by atoms with Crippen LogP contribution in [0.4, 0.5) is 0 Å². The fraction of sp³-hybridized carbons (Fsp3) is 0.0588. The average Bonchev–Trinajstić information content (AvgIpc) is 2.79. The molecule has 0 atom stereocenters. The van der Waals surface area contributed by atoms with Crippen LogP contribution in [0.2, 0.25) is 0 Å². The van der Waals surface area contributed by atoms with Gasteiger partial charge in [0, 0.05) is 15.0 Å². The van der Waals surface area contributed by atoms with Crippen LogP contribution < -0.4 is 0 Å². The summed E-state index contributed by atoms with van der Waals surface area (Å²) >= 11 is 1.87. The number of hydrogen-bond donors (Lipinski definition) is 0. The Labute approximate surface area is 109 Å². The quantitative estimate of drug-likeness (QED) is 0.360. The van der Waals surface area contributed by atoms with E-state index in [1.807, 2.05) is 11.3 Å². The van der Waals surface area contributed by atoms with E-state index < -0.39 is 0 Å². The lowest BCUT2D eigenvalue weighted by molar-refractivity contribution is 1.66. The summed E-state index contributed by atoms with van der Waals surface area (Å²) in [5.41, 5.74) is 0. The van der Waals surface area contributed by atoms with Gasteiger partial charge >= 0.3 is 0 Å². The van der Waals surface area contributed by atoms with E-state index in [0.717, 1.165) is 0 Å². The summed E-state index contributed by atoms with van der Waals surface area (Å²) in [6, 6.07) is 19.9. The fourth-order valence-electron chi connectivity index (χ4n) is 2.74. The number of aryl methyl sites for hydroxylation is 1. The molecule has 0 radical (unpaired) electrons. The molecule has 86 valence electrons. The minimum absolute atomic E-state index is 1.32. The minimum Gasteiger partial charge on any atom is -0.141 e. The maximum absolute atomic E-state index is 2.30. The first-order valence-electron chi connectivity index (χ1n) is 6.13. The van der Waals surface area contributed by atoms with E-state index >= 15 is 0 Å². The van der Waals surface area contributed by atoms with Crippen molar-refractivity contribution >= 4 is 43.0 Å². The molecule has 4 rings (SSSR count). The van der Waals surface area contributed by atoms with Gasteiger partial charge in [-0.1, -0.05) is 42.5 Å². The molecule has 0 aliphatic heterocycles. The molecule has 0 amide bonds. The second-order valence-electron chi connectivity index (χ2n) is 4.72. The summed E-state index contributed by atoms with van der Waals surface area (Å²) in [6.45, 7) is 2.18. The fourth-order valence-corrected chi connectivity index (χ4v) is 3.67. The molecule has 1 aromatic heterocycles. The van der Waals surface area contributed by atoms with E-state index in [1.54, 1.807) is 0 Å². The molecule has 1 heteroatoms. The van der Waals surface area contributed by atoms with Crippen LogP contribution in [-0.4, -0.2) is 0 Å². The molecule has 0 aliphatic carbocycles. The number of fused-ring (bicyclic) bond motifs is 5. The van der Waals surface area contributed by atoms with Crippen LogP contribution in [0, 0.1) is 6.92 Å². The summed E-state index contributed by atoms with van der Waals surface area (Å²) in [5.74, 6) is 0. The third-order valence-corrected chi connectivity index (χ3v) is 4.56. The molecule has 0 fully saturated rings. The van der Waals surface area contributed by atoms with E-state index in [2.05, 4.69) is 61.5 Å². The number of hydrogen-bond acceptors (Lipinski definition) is 1. The van der Waals surface area contributed by atoms with Gasteiger partial charge in [0.25, 0.3) is 0 Å². The molecule has 18 heavy (non-hydrogen) atoms. The van der Waals surface area contributed by atoms with Gasteiger partial charge in [0.05, 0.1) is 0 Å². The lowest BCUT2D eigenvalue weighted by Gasteiger charge is -2.04. The van der Waals surface area contributed by atoms with E-state index in [4.69, 9.17) is 0 Å². The molecule has 0 saturated carbocycles. The third kappa shape index (κ3) is 1.31. The third-order valence-electron chi connectivity index (χ3n) is 3.55. The maximum Gasteiger partial charge on any atom is 0.0352 e. The monoisotopic (exact) mass is 248 g/mol. The Morgan fingerprint density at radius 1 is 0.722 bits per heavy atom. The van der Waals surface area contributed by atoms with Crippen molar-refractivity contribution in [1.29, 1.82) is 0 Å². The van der Waals surface area contributed by atoms with Crippen molar-refractivity contribution < 1.29 is 0 Å². The lowest BCUT2D eigenvalue weighted by Crippen LogP contribution is -1.77. The summed E-state index contributed by atoms with van der Waals surface area (Å²) in [7, 11) is 0. The molecule has 4 aromatic rings. The van der Waals surface area contributed by atoms with Gasteiger partial charge in [-0.25, -0.2) is 0 Å². The molecular weight excluding hydrogens is 236 g/mol. The van der Waals surface area contributed by atoms with Gasteiger partial charge in [-0.15, -0.1) is 11.3 Å². The molecule has 0 saturated heterocycles. The van der Waals surface area contributed by atoms with Crippen molar-refractivity contribution in [1.82, 2.24) is 0 Å². The first-order valence-corrected chi connectivity index (χ1v) is 6.95. The number of rotatable bonds is 0. The molecule has 3 aromatic carbocycles. The molecule has 0 N–H and O–H groups in total. The predicted octanol–water partition coefficient (Wildman–Crippen LogP) is 5.52. The summed E-state index contributed by atoms with van der Waals surface area (Å²) in [6.07, 6.45) is 0. The summed E-state index contributed by atoms with van der Waals surface area (Å²) < 4.78 is 1.38. The largest absolute Gasteiger partial charge is 0.141 e. The Kier molecular flexibility index (Phi) is 2.00. The van der Waals surface area contributed by atoms with E-state index in [-0.39, 0.29) is 0 Å². The highest BCUT2D eigenvalue weighted by Gasteiger charge is 2.06. The zero-order valence-electron chi connectivity index (χ0n) is 10.1. The highest BCUT2D eigenvalue weighted by atomic mass is 32.1.